The molecule has 0 fully saturated rings. The van der Waals surface area contributed by atoms with E-state index in [0.717, 1.165) is 18.4 Å². The van der Waals surface area contributed by atoms with Gasteiger partial charge in [-0.2, -0.15) is 0 Å². The number of nitrogens with one attached hydrogen (secondary N) is 1. The number of rotatable bonds is 5. The Morgan fingerprint density at radius 3 is 2.32 bits per heavy atom. The van der Waals surface area contributed by atoms with Gasteiger partial charge in [0.1, 0.15) is 27.2 Å². The van der Waals surface area contributed by atoms with E-state index in [1.165, 1.54) is 0 Å². The lowest BCUT2D eigenvalue weighted by molar-refractivity contribution is 0.0953. The van der Waals surface area contributed by atoms with Crippen LogP contribution in [0.4, 0.5) is 14.5 Å². The molecule has 5 nitrogen and oxygen atoms in total. The Bertz CT molecular complexity index is 565. The Labute approximate surface area is 109 Å². The van der Waals surface area contributed by atoms with Crippen LogP contribution < -0.4 is 11.1 Å². The number of benzene rings is 1. The zero-order valence-electron chi connectivity index (χ0n) is 10.2. The second kappa shape index (κ2) is 5.96. The molecule has 0 aliphatic carbocycles. The number of sulfone groups is 1. The molecule has 0 aliphatic heterocycles. The minimum Gasteiger partial charge on any atom is -0.394 e. The molecule has 1 amide bonds. The SMILES string of the molecule is CS(=O)(=O)CCCNC(=O)c1cc(F)c(N)c(F)c1. The predicted octanol–water partition coefficient (Wildman–Crippen LogP) is 0.712. The zero-order chi connectivity index (χ0) is 14.6. The Morgan fingerprint density at radius 2 is 1.84 bits per heavy atom. The topological polar surface area (TPSA) is 89.3 Å². The smallest absolute Gasteiger partial charge is 0.251 e. The van der Waals surface area contributed by atoms with Crippen molar-refractivity contribution >= 4 is 21.4 Å². The number of anilines is 1. The molecule has 1 rings (SSSR count). The molecule has 19 heavy (non-hydrogen) atoms. The quantitative estimate of drug-likeness (QED) is 0.618. The van der Waals surface area contributed by atoms with Crippen molar-refractivity contribution in [1.29, 1.82) is 0 Å². The van der Waals surface area contributed by atoms with Crippen LogP contribution in [0.15, 0.2) is 12.1 Å². The number of nitrogens with two attached hydrogens (primary N) is 1. The van der Waals surface area contributed by atoms with Crippen molar-refractivity contribution in [3.63, 3.8) is 0 Å². The van der Waals surface area contributed by atoms with Crippen molar-refractivity contribution in [3.8, 4) is 0 Å². The van der Waals surface area contributed by atoms with Crippen LogP contribution in [-0.4, -0.2) is 32.9 Å². The van der Waals surface area contributed by atoms with Gasteiger partial charge < -0.3 is 11.1 Å². The largest absolute Gasteiger partial charge is 0.394 e. The summed E-state index contributed by atoms with van der Waals surface area (Å²) in [6.45, 7) is 0.0967. The number of hydrogen-bond donors (Lipinski definition) is 2. The molecule has 106 valence electrons. The van der Waals surface area contributed by atoms with Gasteiger partial charge in [0.2, 0.25) is 0 Å². The van der Waals surface area contributed by atoms with Crippen LogP contribution in [0.5, 0.6) is 0 Å². The molecule has 0 atom stereocenters. The summed E-state index contributed by atoms with van der Waals surface area (Å²) in [6, 6.07) is 1.65. The average Bonchev–Trinajstić information content (AvgIpc) is 2.29. The first-order valence-corrected chi connectivity index (χ1v) is 7.47. The average molecular weight is 292 g/mol. The van der Waals surface area contributed by atoms with Crippen LogP contribution in [-0.2, 0) is 9.84 Å². The van der Waals surface area contributed by atoms with Crippen LogP contribution >= 0.6 is 0 Å². The highest BCUT2D eigenvalue weighted by atomic mass is 32.2. The summed E-state index contributed by atoms with van der Waals surface area (Å²) in [7, 11) is -3.09. The molecular formula is C11H14F2N2O3S. The minimum atomic E-state index is -3.09. The molecule has 0 aromatic heterocycles. The molecule has 3 N–H and O–H groups in total. The third-order valence-electron chi connectivity index (χ3n) is 2.32. The van der Waals surface area contributed by atoms with E-state index in [0.29, 0.717) is 0 Å². The van der Waals surface area contributed by atoms with Gasteiger partial charge in [-0.3, -0.25) is 4.79 Å². The van der Waals surface area contributed by atoms with Crippen LogP contribution in [0.2, 0.25) is 0 Å². The van der Waals surface area contributed by atoms with Crippen molar-refractivity contribution < 1.29 is 22.0 Å². The van der Waals surface area contributed by atoms with Crippen molar-refractivity contribution in [2.75, 3.05) is 24.3 Å². The third-order valence-corrected chi connectivity index (χ3v) is 3.35. The van der Waals surface area contributed by atoms with Crippen molar-refractivity contribution in [3.05, 3.63) is 29.3 Å². The van der Waals surface area contributed by atoms with Gasteiger partial charge in [0.05, 0.1) is 5.75 Å². The molecule has 0 radical (unpaired) electrons. The van der Waals surface area contributed by atoms with E-state index in [-0.39, 0.29) is 24.3 Å². The van der Waals surface area contributed by atoms with E-state index in [1.807, 2.05) is 0 Å². The van der Waals surface area contributed by atoms with Crippen molar-refractivity contribution in [2.24, 2.45) is 0 Å². The lowest BCUT2D eigenvalue weighted by Gasteiger charge is -2.06. The van der Waals surface area contributed by atoms with Gasteiger partial charge in [0, 0.05) is 18.4 Å². The van der Waals surface area contributed by atoms with Crippen molar-refractivity contribution in [1.82, 2.24) is 5.32 Å². The molecule has 0 saturated heterocycles. The lowest BCUT2D eigenvalue weighted by Crippen LogP contribution is -2.26. The van der Waals surface area contributed by atoms with Gasteiger partial charge in [-0.25, -0.2) is 17.2 Å². The summed E-state index contributed by atoms with van der Waals surface area (Å²) in [5.41, 5.74) is 4.22. The summed E-state index contributed by atoms with van der Waals surface area (Å²) < 4.78 is 47.9. The first kappa shape index (κ1) is 15.4. The van der Waals surface area contributed by atoms with Crippen LogP contribution in [0.1, 0.15) is 16.8 Å². The maximum atomic E-state index is 13.1. The molecular weight excluding hydrogens is 278 g/mol. The molecule has 1 aromatic rings. The van der Waals surface area contributed by atoms with Gasteiger partial charge in [-0.15, -0.1) is 0 Å². The fourth-order valence-electron chi connectivity index (χ4n) is 1.35. The lowest BCUT2D eigenvalue weighted by atomic mass is 10.1. The standard InChI is InChI=1S/C11H14F2N2O3S/c1-19(17,18)4-2-3-15-11(16)7-5-8(12)10(14)9(13)6-7/h5-6H,2-4,14H2,1H3,(H,15,16). The first-order chi connectivity index (χ1) is 8.70. The van der Waals surface area contributed by atoms with E-state index in [9.17, 15) is 22.0 Å². The number of amides is 1. The van der Waals surface area contributed by atoms with E-state index in [1.54, 1.807) is 0 Å². The van der Waals surface area contributed by atoms with Crippen LogP contribution in [0.3, 0.4) is 0 Å². The highest BCUT2D eigenvalue weighted by Crippen LogP contribution is 2.17. The molecule has 0 aliphatic rings. The molecule has 0 heterocycles. The number of carbonyl (C=O) groups is 1. The zero-order valence-corrected chi connectivity index (χ0v) is 11.1. The van der Waals surface area contributed by atoms with E-state index < -0.39 is 33.1 Å². The second-order valence-corrected chi connectivity index (χ2v) is 6.35. The maximum Gasteiger partial charge on any atom is 0.251 e. The Hall–Kier alpha value is -1.70. The molecule has 8 heteroatoms. The molecule has 0 unspecified atom stereocenters. The first-order valence-electron chi connectivity index (χ1n) is 5.41. The minimum absolute atomic E-state index is 0.0717. The summed E-state index contributed by atoms with van der Waals surface area (Å²) in [4.78, 5) is 11.6. The van der Waals surface area contributed by atoms with Gasteiger partial charge in [-0.05, 0) is 18.6 Å². The summed E-state index contributed by atoms with van der Waals surface area (Å²) in [6.07, 6.45) is 1.31. The van der Waals surface area contributed by atoms with E-state index >= 15 is 0 Å². The molecule has 0 bridgehead atoms. The van der Waals surface area contributed by atoms with E-state index in [4.69, 9.17) is 5.73 Å². The number of hydrogen-bond acceptors (Lipinski definition) is 4. The Kier molecular flexibility index (Phi) is 4.82. The van der Waals surface area contributed by atoms with Gasteiger partial charge in [0.25, 0.3) is 5.91 Å². The highest BCUT2D eigenvalue weighted by Gasteiger charge is 2.13. The predicted molar refractivity (Wildman–Crippen MR) is 67.4 cm³/mol. The van der Waals surface area contributed by atoms with Gasteiger partial charge in [-0.1, -0.05) is 0 Å². The van der Waals surface area contributed by atoms with Gasteiger partial charge >= 0.3 is 0 Å². The van der Waals surface area contributed by atoms with Crippen LogP contribution in [0, 0.1) is 11.6 Å². The number of nitrogen functional groups attached to an aromatic ring is 1. The maximum absolute atomic E-state index is 13.1. The fourth-order valence-corrected chi connectivity index (χ4v) is 2.02. The fraction of sp³-hybridized carbons (Fsp3) is 0.364. The molecule has 0 spiro atoms. The summed E-state index contributed by atoms with van der Waals surface area (Å²) >= 11 is 0. The summed E-state index contributed by atoms with van der Waals surface area (Å²) in [5.74, 6) is -2.79. The second-order valence-electron chi connectivity index (χ2n) is 4.09. The number of carbonyl (C=O) groups excluding carboxylic acids is 1. The Balaban J connectivity index is 2.60. The Morgan fingerprint density at radius 1 is 1.32 bits per heavy atom. The number of halogens is 2. The summed E-state index contributed by atoms with van der Waals surface area (Å²) in [5, 5.41) is 2.37. The van der Waals surface area contributed by atoms with Gasteiger partial charge in [0.15, 0.2) is 0 Å². The third kappa shape index (κ3) is 4.82. The van der Waals surface area contributed by atoms with Crippen LogP contribution in [0.25, 0.3) is 0 Å². The normalized spacial score (nSPS) is 11.3. The van der Waals surface area contributed by atoms with E-state index in [2.05, 4.69) is 5.32 Å². The molecule has 0 saturated carbocycles. The van der Waals surface area contributed by atoms with Crippen molar-refractivity contribution in [2.45, 2.75) is 6.42 Å². The highest BCUT2D eigenvalue weighted by molar-refractivity contribution is 7.90. The monoisotopic (exact) mass is 292 g/mol. The molecule has 1 aromatic carbocycles.